The molecule has 30 heavy (non-hydrogen) atoms. The van der Waals surface area contributed by atoms with Crippen LogP contribution in [0.15, 0.2) is 48.9 Å². The molecule has 4 rings (SSSR count). The van der Waals surface area contributed by atoms with Crippen LogP contribution in [0.25, 0.3) is 28.3 Å². The van der Waals surface area contributed by atoms with Gasteiger partial charge in [-0.05, 0) is 42.8 Å². The maximum absolute atomic E-state index is 13.2. The molecule has 9 heteroatoms. The molecule has 0 aliphatic heterocycles. The number of carbonyl (C=O) groups excluding carboxylic acids is 1. The molecule has 4 aromatic rings. The maximum Gasteiger partial charge on any atom is 0.269 e. The number of hydrogen-bond donors (Lipinski definition) is 1. The Morgan fingerprint density at radius 3 is 2.47 bits per heavy atom. The van der Waals surface area contributed by atoms with Crippen LogP contribution in [0.4, 0.5) is 8.78 Å². The summed E-state index contributed by atoms with van der Waals surface area (Å²) in [5.74, 6) is -0.925. The van der Waals surface area contributed by atoms with Crippen molar-refractivity contribution in [3.8, 4) is 22.6 Å². The Morgan fingerprint density at radius 1 is 1.13 bits per heavy atom. The fourth-order valence-electron chi connectivity index (χ4n) is 2.85. The van der Waals surface area contributed by atoms with Gasteiger partial charge in [-0.1, -0.05) is 13.3 Å². The van der Waals surface area contributed by atoms with E-state index in [-0.39, 0.29) is 18.2 Å². The number of imidazole rings is 2. The average molecular weight is 412 g/mol. The zero-order valence-corrected chi connectivity index (χ0v) is 16.7. The predicted molar refractivity (Wildman–Crippen MR) is 110 cm³/mol. The Bertz CT molecular complexity index is 1150. The number of carbonyl (C=O) groups is 1. The van der Waals surface area contributed by atoms with Crippen LogP contribution in [-0.4, -0.2) is 36.7 Å². The van der Waals surface area contributed by atoms with Gasteiger partial charge in [0, 0.05) is 12.6 Å². The normalized spacial score (nSPS) is 10.7. The van der Waals surface area contributed by atoms with Crippen LogP contribution >= 0.6 is 0 Å². The molecule has 156 valence electrons. The third kappa shape index (κ3) is 4.35. The summed E-state index contributed by atoms with van der Waals surface area (Å²) >= 11 is 0. The number of aryl methyl sites for hydroxylation is 1. The van der Waals surface area contributed by atoms with Gasteiger partial charge < -0.3 is 10.3 Å². The second kappa shape index (κ2) is 9.25. The third-order valence-corrected chi connectivity index (χ3v) is 4.40. The summed E-state index contributed by atoms with van der Waals surface area (Å²) in [6, 6.07) is 9.61. The van der Waals surface area contributed by atoms with Gasteiger partial charge in [0.15, 0.2) is 5.65 Å². The average Bonchev–Trinajstić information content (AvgIpc) is 3.33. The first kappa shape index (κ1) is 21.1. The topological polar surface area (TPSA) is 91.1 Å². The largest absolute Gasteiger partial charge is 0.364 e. The lowest BCUT2D eigenvalue weighted by Gasteiger charge is -2.07. The van der Waals surface area contributed by atoms with Gasteiger partial charge in [0.05, 0.1) is 30.6 Å². The Morgan fingerprint density at radius 2 is 1.87 bits per heavy atom. The smallest absolute Gasteiger partial charge is 0.269 e. The molecule has 0 atom stereocenters. The van der Waals surface area contributed by atoms with E-state index in [1.165, 1.54) is 22.8 Å². The SMILES string of the molecule is CCCCF.Cn1cnc(-c2ccc(F)cc2)c1-c1ccc2ncc(C(N)=O)n2n1. The highest BCUT2D eigenvalue weighted by atomic mass is 19.1. The van der Waals surface area contributed by atoms with Crippen LogP contribution in [0.3, 0.4) is 0 Å². The summed E-state index contributed by atoms with van der Waals surface area (Å²) in [4.78, 5) is 20.0. The van der Waals surface area contributed by atoms with E-state index in [1.807, 2.05) is 18.5 Å². The molecule has 1 amide bonds. The van der Waals surface area contributed by atoms with Crippen molar-refractivity contribution < 1.29 is 13.6 Å². The minimum atomic E-state index is -0.610. The molecule has 3 heterocycles. The van der Waals surface area contributed by atoms with Crippen molar-refractivity contribution in [1.29, 1.82) is 0 Å². The Labute approximate surface area is 172 Å². The molecule has 0 saturated heterocycles. The zero-order valence-electron chi connectivity index (χ0n) is 16.7. The van der Waals surface area contributed by atoms with Crippen LogP contribution in [0.5, 0.6) is 0 Å². The van der Waals surface area contributed by atoms with Gasteiger partial charge in [0.1, 0.15) is 17.2 Å². The number of hydrogen-bond acceptors (Lipinski definition) is 4. The van der Waals surface area contributed by atoms with Gasteiger partial charge in [-0.25, -0.2) is 18.9 Å². The van der Waals surface area contributed by atoms with Crippen molar-refractivity contribution in [2.45, 2.75) is 19.8 Å². The molecule has 0 spiro atoms. The molecule has 2 N–H and O–H groups in total. The second-order valence-corrected chi connectivity index (χ2v) is 6.60. The van der Waals surface area contributed by atoms with Crippen LogP contribution < -0.4 is 5.73 Å². The first-order valence-corrected chi connectivity index (χ1v) is 9.44. The lowest BCUT2D eigenvalue weighted by Crippen LogP contribution is -2.15. The fourth-order valence-corrected chi connectivity index (χ4v) is 2.85. The highest BCUT2D eigenvalue weighted by molar-refractivity contribution is 5.91. The fraction of sp³-hybridized carbons (Fsp3) is 0.238. The monoisotopic (exact) mass is 412 g/mol. The van der Waals surface area contributed by atoms with Crippen LogP contribution in [-0.2, 0) is 7.05 Å². The number of alkyl halides is 1. The van der Waals surface area contributed by atoms with E-state index in [1.54, 1.807) is 30.6 Å². The molecule has 0 unspecified atom stereocenters. The van der Waals surface area contributed by atoms with Gasteiger partial charge in [-0.2, -0.15) is 5.10 Å². The number of primary amides is 1. The summed E-state index contributed by atoms with van der Waals surface area (Å²) in [6.07, 6.45) is 4.73. The van der Waals surface area contributed by atoms with E-state index in [0.29, 0.717) is 17.0 Å². The van der Waals surface area contributed by atoms with Crippen LogP contribution in [0.2, 0.25) is 0 Å². The molecule has 0 radical (unpaired) electrons. The number of aromatic nitrogens is 5. The van der Waals surface area contributed by atoms with E-state index in [9.17, 15) is 13.6 Å². The third-order valence-electron chi connectivity index (χ3n) is 4.40. The summed E-state index contributed by atoms with van der Waals surface area (Å²) in [7, 11) is 1.84. The Kier molecular flexibility index (Phi) is 6.51. The molecular formula is C21H22F2N6O. The predicted octanol–water partition coefficient (Wildman–Crippen LogP) is 3.79. The number of rotatable bonds is 5. The van der Waals surface area contributed by atoms with E-state index >= 15 is 0 Å². The van der Waals surface area contributed by atoms with E-state index in [4.69, 9.17) is 5.73 Å². The van der Waals surface area contributed by atoms with Crippen LogP contribution in [0.1, 0.15) is 30.3 Å². The number of amides is 1. The Balaban J connectivity index is 0.000000461. The van der Waals surface area contributed by atoms with Gasteiger partial charge in [0.2, 0.25) is 0 Å². The molecular weight excluding hydrogens is 390 g/mol. The minimum absolute atomic E-state index is 0.156. The van der Waals surface area contributed by atoms with Crippen molar-refractivity contribution in [3.63, 3.8) is 0 Å². The number of halogens is 2. The molecule has 0 aliphatic carbocycles. The van der Waals surface area contributed by atoms with Gasteiger partial charge in [0.25, 0.3) is 5.91 Å². The molecule has 3 aromatic heterocycles. The van der Waals surface area contributed by atoms with Crippen LogP contribution in [0, 0.1) is 5.82 Å². The van der Waals surface area contributed by atoms with Gasteiger partial charge >= 0.3 is 0 Å². The van der Waals surface area contributed by atoms with Crippen molar-refractivity contribution in [3.05, 3.63) is 60.4 Å². The number of nitrogens with two attached hydrogens (primary N) is 1. The van der Waals surface area contributed by atoms with E-state index in [2.05, 4.69) is 15.1 Å². The zero-order chi connectivity index (χ0) is 21.7. The van der Waals surface area contributed by atoms with Crippen molar-refractivity contribution in [2.24, 2.45) is 12.8 Å². The van der Waals surface area contributed by atoms with E-state index < -0.39 is 5.91 Å². The first-order valence-electron chi connectivity index (χ1n) is 9.44. The van der Waals surface area contributed by atoms with Gasteiger partial charge in [-0.3, -0.25) is 9.18 Å². The summed E-state index contributed by atoms with van der Waals surface area (Å²) in [5.41, 5.74) is 8.83. The number of benzene rings is 1. The highest BCUT2D eigenvalue weighted by Gasteiger charge is 2.17. The summed E-state index contributed by atoms with van der Waals surface area (Å²) in [6.45, 7) is 1.82. The summed E-state index contributed by atoms with van der Waals surface area (Å²) in [5, 5.41) is 4.48. The second-order valence-electron chi connectivity index (χ2n) is 6.60. The minimum Gasteiger partial charge on any atom is -0.364 e. The molecule has 1 aromatic carbocycles. The molecule has 0 saturated carbocycles. The van der Waals surface area contributed by atoms with Crippen molar-refractivity contribution >= 4 is 11.6 Å². The lowest BCUT2D eigenvalue weighted by molar-refractivity contribution is 0.0993. The summed E-state index contributed by atoms with van der Waals surface area (Å²) < 4.78 is 27.4. The maximum atomic E-state index is 13.2. The molecule has 0 bridgehead atoms. The van der Waals surface area contributed by atoms with E-state index in [0.717, 1.165) is 24.1 Å². The standard InChI is InChI=1S/C17H13FN6O.C4H9F/c1-23-9-21-15(10-2-4-11(18)5-3-10)16(23)12-6-7-14-20-8-13(17(19)25)24(14)22-12;1-2-3-4-5/h2-9H,1H3,(H2,19,25);2-4H2,1H3. The number of fused-ring (bicyclic) bond motifs is 1. The quantitative estimate of drug-likeness (QED) is 0.540. The molecule has 0 fully saturated rings. The van der Waals surface area contributed by atoms with Crippen molar-refractivity contribution in [2.75, 3.05) is 6.67 Å². The Hall–Kier alpha value is -3.62. The highest BCUT2D eigenvalue weighted by Crippen LogP contribution is 2.29. The number of nitrogens with zero attached hydrogens (tertiary/aromatic N) is 5. The van der Waals surface area contributed by atoms with Gasteiger partial charge in [-0.15, -0.1) is 0 Å². The number of unbranched alkanes of at least 4 members (excludes halogenated alkanes) is 1. The van der Waals surface area contributed by atoms with Crippen molar-refractivity contribution in [1.82, 2.24) is 24.1 Å². The molecule has 7 nitrogen and oxygen atoms in total. The lowest BCUT2D eigenvalue weighted by atomic mass is 10.1. The first-order chi connectivity index (χ1) is 14.5. The molecule has 0 aliphatic rings.